The quantitative estimate of drug-likeness (QED) is 0.864. The molecule has 1 aromatic carbocycles. The van der Waals surface area contributed by atoms with E-state index in [0.717, 1.165) is 6.54 Å². The number of benzene rings is 1. The third-order valence-corrected chi connectivity index (χ3v) is 3.24. The van der Waals surface area contributed by atoms with E-state index in [1.54, 1.807) is 6.20 Å². The molecule has 1 heterocycles. The first-order chi connectivity index (χ1) is 9.09. The van der Waals surface area contributed by atoms with Gasteiger partial charge in [-0.25, -0.2) is 0 Å². The van der Waals surface area contributed by atoms with Gasteiger partial charge in [0.2, 0.25) is 0 Å². The molecule has 19 heavy (non-hydrogen) atoms. The number of aliphatic hydroxyl groups is 1. The Morgan fingerprint density at radius 3 is 2.42 bits per heavy atom. The standard InChI is InChI=1S/C16H20N2O/c1-16(2,15(19)14-10-6-7-11-17-14)18-12-13-8-4-3-5-9-13/h3-11,15,18-19H,12H2,1-2H3. The predicted octanol–water partition coefficient (Wildman–Crippen LogP) is 2.68. The van der Waals surface area contributed by atoms with Crippen LogP contribution in [-0.4, -0.2) is 15.6 Å². The van der Waals surface area contributed by atoms with Crippen molar-refractivity contribution in [2.75, 3.05) is 0 Å². The topological polar surface area (TPSA) is 45.1 Å². The molecule has 3 nitrogen and oxygen atoms in total. The lowest BCUT2D eigenvalue weighted by Gasteiger charge is -2.31. The lowest BCUT2D eigenvalue weighted by Crippen LogP contribution is -2.44. The fourth-order valence-electron chi connectivity index (χ4n) is 1.93. The molecule has 0 bridgehead atoms. The van der Waals surface area contributed by atoms with E-state index in [0.29, 0.717) is 5.69 Å². The van der Waals surface area contributed by atoms with Crippen LogP contribution in [0.1, 0.15) is 31.2 Å². The monoisotopic (exact) mass is 256 g/mol. The van der Waals surface area contributed by atoms with Gasteiger partial charge in [-0.15, -0.1) is 0 Å². The first-order valence-electron chi connectivity index (χ1n) is 6.47. The first kappa shape index (κ1) is 13.7. The van der Waals surface area contributed by atoms with Crippen LogP contribution in [0.2, 0.25) is 0 Å². The van der Waals surface area contributed by atoms with Crippen molar-refractivity contribution >= 4 is 0 Å². The number of hydrogen-bond acceptors (Lipinski definition) is 3. The van der Waals surface area contributed by atoms with Crippen LogP contribution in [0.15, 0.2) is 54.7 Å². The van der Waals surface area contributed by atoms with Crippen LogP contribution in [0.4, 0.5) is 0 Å². The molecule has 0 spiro atoms. The summed E-state index contributed by atoms with van der Waals surface area (Å²) in [5.41, 5.74) is 1.45. The fraction of sp³-hybridized carbons (Fsp3) is 0.312. The molecule has 2 aromatic rings. The lowest BCUT2D eigenvalue weighted by atomic mass is 9.94. The van der Waals surface area contributed by atoms with Gasteiger partial charge in [-0.3, -0.25) is 4.98 Å². The molecule has 1 atom stereocenters. The molecule has 0 radical (unpaired) electrons. The van der Waals surface area contributed by atoms with Gasteiger partial charge in [0, 0.05) is 18.3 Å². The Kier molecular flexibility index (Phi) is 4.30. The summed E-state index contributed by atoms with van der Waals surface area (Å²) in [7, 11) is 0. The van der Waals surface area contributed by atoms with E-state index in [2.05, 4.69) is 22.4 Å². The van der Waals surface area contributed by atoms with Crippen molar-refractivity contribution in [1.82, 2.24) is 10.3 Å². The van der Waals surface area contributed by atoms with Crippen molar-refractivity contribution < 1.29 is 5.11 Å². The SMILES string of the molecule is CC(C)(NCc1ccccc1)C(O)c1ccccn1. The molecule has 0 saturated carbocycles. The van der Waals surface area contributed by atoms with E-state index in [1.165, 1.54) is 5.56 Å². The molecule has 0 aliphatic carbocycles. The van der Waals surface area contributed by atoms with E-state index in [4.69, 9.17) is 0 Å². The van der Waals surface area contributed by atoms with Gasteiger partial charge in [-0.05, 0) is 31.5 Å². The van der Waals surface area contributed by atoms with E-state index < -0.39 is 11.6 Å². The van der Waals surface area contributed by atoms with Crippen molar-refractivity contribution in [3.63, 3.8) is 0 Å². The van der Waals surface area contributed by atoms with Crippen LogP contribution >= 0.6 is 0 Å². The predicted molar refractivity (Wildman–Crippen MR) is 76.6 cm³/mol. The molecule has 0 amide bonds. The van der Waals surface area contributed by atoms with Crippen molar-refractivity contribution in [2.45, 2.75) is 32.0 Å². The van der Waals surface area contributed by atoms with Crippen LogP contribution in [0, 0.1) is 0 Å². The van der Waals surface area contributed by atoms with Crippen LogP contribution < -0.4 is 5.32 Å². The van der Waals surface area contributed by atoms with Gasteiger partial charge in [0.05, 0.1) is 5.69 Å². The van der Waals surface area contributed by atoms with E-state index in [9.17, 15) is 5.11 Å². The van der Waals surface area contributed by atoms with Crippen molar-refractivity contribution in [3.8, 4) is 0 Å². The molecule has 0 fully saturated rings. The first-order valence-corrected chi connectivity index (χ1v) is 6.47. The maximum absolute atomic E-state index is 10.4. The van der Waals surface area contributed by atoms with Gasteiger partial charge < -0.3 is 10.4 Å². The maximum atomic E-state index is 10.4. The van der Waals surface area contributed by atoms with Gasteiger partial charge in [0.1, 0.15) is 6.10 Å². The van der Waals surface area contributed by atoms with Crippen molar-refractivity contribution in [3.05, 3.63) is 66.0 Å². The molecule has 2 N–H and O–H groups in total. The zero-order valence-electron chi connectivity index (χ0n) is 11.4. The summed E-state index contributed by atoms with van der Waals surface area (Å²) in [6, 6.07) is 15.7. The average molecular weight is 256 g/mol. The minimum absolute atomic E-state index is 0.440. The minimum Gasteiger partial charge on any atom is -0.385 e. The summed E-state index contributed by atoms with van der Waals surface area (Å²) in [5, 5.41) is 13.8. The summed E-state index contributed by atoms with van der Waals surface area (Å²) in [6.45, 7) is 4.68. The fourth-order valence-corrected chi connectivity index (χ4v) is 1.93. The Morgan fingerprint density at radius 2 is 1.79 bits per heavy atom. The normalized spacial score (nSPS) is 13.2. The third-order valence-electron chi connectivity index (χ3n) is 3.24. The average Bonchev–Trinajstić information content (AvgIpc) is 2.46. The highest BCUT2D eigenvalue weighted by atomic mass is 16.3. The number of aliphatic hydroxyl groups excluding tert-OH is 1. The van der Waals surface area contributed by atoms with Crippen LogP contribution in [-0.2, 0) is 6.54 Å². The smallest absolute Gasteiger partial charge is 0.113 e. The molecule has 0 aliphatic rings. The number of nitrogens with zero attached hydrogens (tertiary/aromatic N) is 1. The number of pyridine rings is 1. The van der Waals surface area contributed by atoms with Gasteiger partial charge in [0.15, 0.2) is 0 Å². The van der Waals surface area contributed by atoms with Gasteiger partial charge >= 0.3 is 0 Å². The van der Waals surface area contributed by atoms with Crippen molar-refractivity contribution in [1.29, 1.82) is 0 Å². The minimum atomic E-state index is -0.641. The zero-order chi connectivity index (χ0) is 13.7. The molecule has 0 saturated heterocycles. The maximum Gasteiger partial charge on any atom is 0.113 e. The molecule has 1 aromatic heterocycles. The Labute approximate surface area is 114 Å². The Bertz CT molecular complexity index is 497. The molecular formula is C16H20N2O. The number of hydrogen-bond donors (Lipinski definition) is 2. The third kappa shape index (κ3) is 3.63. The lowest BCUT2D eigenvalue weighted by molar-refractivity contribution is 0.0754. The largest absolute Gasteiger partial charge is 0.385 e. The molecule has 0 aliphatic heterocycles. The molecule has 3 heteroatoms. The summed E-state index contributed by atoms with van der Waals surface area (Å²) in [5.74, 6) is 0. The second-order valence-electron chi connectivity index (χ2n) is 5.22. The second kappa shape index (κ2) is 5.95. The highest BCUT2D eigenvalue weighted by Crippen LogP contribution is 2.24. The number of aromatic nitrogens is 1. The summed E-state index contributed by atoms with van der Waals surface area (Å²) < 4.78 is 0. The van der Waals surface area contributed by atoms with E-state index in [1.807, 2.05) is 50.2 Å². The summed E-state index contributed by atoms with van der Waals surface area (Å²) in [4.78, 5) is 4.21. The zero-order valence-corrected chi connectivity index (χ0v) is 11.4. The summed E-state index contributed by atoms with van der Waals surface area (Å²) in [6.07, 6.45) is 1.06. The Morgan fingerprint density at radius 1 is 1.11 bits per heavy atom. The van der Waals surface area contributed by atoms with Gasteiger partial charge in [-0.1, -0.05) is 36.4 Å². The highest BCUT2D eigenvalue weighted by Gasteiger charge is 2.29. The van der Waals surface area contributed by atoms with E-state index >= 15 is 0 Å². The highest BCUT2D eigenvalue weighted by molar-refractivity contribution is 5.16. The molecule has 1 unspecified atom stereocenters. The van der Waals surface area contributed by atoms with E-state index in [-0.39, 0.29) is 0 Å². The number of nitrogens with one attached hydrogen (secondary N) is 1. The summed E-state index contributed by atoms with van der Waals surface area (Å²) >= 11 is 0. The molecule has 2 rings (SSSR count). The Balaban J connectivity index is 2.02. The van der Waals surface area contributed by atoms with Crippen LogP contribution in [0.3, 0.4) is 0 Å². The number of rotatable bonds is 5. The second-order valence-corrected chi connectivity index (χ2v) is 5.22. The van der Waals surface area contributed by atoms with Gasteiger partial charge in [-0.2, -0.15) is 0 Å². The van der Waals surface area contributed by atoms with Crippen LogP contribution in [0.5, 0.6) is 0 Å². The molecule has 100 valence electrons. The van der Waals surface area contributed by atoms with Gasteiger partial charge in [0.25, 0.3) is 0 Å². The van der Waals surface area contributed by atoms with Crippen molar-refractivity contribution in [2.24, 2.45) is 0 Å². The molecular weight excluding hydrogens is 236 g/mol. The Hall–Kier alpha value is -1.71. The van der Waals surface area contributed by atoms with Crippen LogP contribution in [0.25, 0.3) is 0 Å².